The van der Waals surface area contributed by atoms with Crippen molar-refractivity contribution in [3.05, 3.63) is 279 Å². The molecule has 0 fully saturated rings. The van der Waals surface area contributed by atoms with E-state index in [0.29, 0.717) is 4.48 Å². The molecule has 0 saturated heterocycles. The molecule has 17 rings (SSSR count). The summed E-state index contributed by atoms with van der Waals surface area (Å²) in [6, 6.07) is 103. The molecule has 1 aromatic heterocycles. The van der Waals surface area contributed by atoms with Gasteiger partial charge < -0.3 is 14.4 Å². The Labute approximate surface area is 473 Å². The smallest absolute Gasteiger partial charge is 0.253 e. The number of benzene rings is 12. The van der Waals surface area contributed by atoms with Crippen LogP contribution in [0.1, 0.15) is 26.3 Å². The van der Waals surface area contributed by atoms with E-state index in [4.69, 9.17) is 0 Å². The molecule has 5 heterocycles. The molecule has 0 bridgehead atoms. The second-order valence-electron chi connectivity index (χ2n) is 23.3. The van der Waals surface area contributed by atoms with Crippen molar-refractivity contribution in [2.75, 3.05) is 9.80 Å². The van der Waals surface area contributed by atoms with Crippen LogP contribution in [0, 0.1) is 0 Å². The van der Waals surface area contributed by atoms with E-state index in [9.17, 15) is 0 Å². The minimum absolute atomic E-state index is 0.184. The maximum atomic E-state index is 2.65. The Kier molecular flexibility index (Phi) is 9.68. The third-order valence-electron chi connectivity index (χ3n) is 18.1. The van der Waals surface area contributed by atoms with Gasteiger partial charge in [0.2, 0.25) is 0 Å². The molecule has 0 saturated carbocycles. The van der Waals surface area contributed by atoms with Crippen molar-refractivity contribution in [2.24, 2.45) is 0 Å². The number of anilines is 6. The summed E-state index contributed by atoms with van der Waals surface area (Å²) in [5, 5.41) is 2.49. The van der Waals surface area contributed by atoms with E-state index in [0.717, 1.165) is 17.1 Å². The lowest BCUT2D eigenvalue weighted by molar-refractivity contribution is 0.590. The summed E-state index contributed by atoms with van der Waals surface area (Å²) in [4.78, 5) is 5.29. The Morgan fingerprint density at radius 2 is 0.790 bits per heavy atom. The third kappa shape index (κ3) is 6.30. The van der Waals surface area contributed by atoms with E-state index in [1.165, 1.54) is 134 Å². The summed E-state index contributed by atoms with van der Waals surface area (Å²) < 4.78 is 3.01. The zero-order valence-electron chi connectivity index (χ0n) is 45.3. The number of nitrogens with zero attached hydrogens (tertiary/aromatic N) is 4. The van der Waals surface area contributed by atoms with Crippen LogP contribution in [0.4, 0.5) is 56.9 Å². The van der Waals surface area contributed by atoms with Crippen LogP contribution < -0.4 is 30.7 Å². The fourth-order valence-electron chi connectivity index (χ4n) is 14.7. The molecule has 81 heavy (non-hydrogen) atoms. The summed E-state index contributed by atoms with van der Waals surface area (Å²) in [7, 11) is 0. The first-order valence-corrected chi connectivity index (χ1v) is 28.4. The zero-order chi connectivity index (χ0) is 53.7. The predicted octanol–water partition coefficient (Wildman–Crippen LogP) is 18.8. The molecule has 0 unspecified atom stereocenters. The molecule has 0 amide bonds. The Morgan fingerprint density at radius 1 is 0.333 bits per heavy atom. The maximum Gasteiger partial charge on any atom is 0.253 e. The van der Waals surface area contributed by atoms with Gasteiger partial charge in [-0.1, -0.05) is 197 Å². The molecule has 4 aliphatic rings. The number of hydrogen-bond donors (Lipinski definition) is 0. The second-order valence-corrected chi connectivity index (χ2v) is 23.3. The van der Waals surface area contributed by atoms with E-state index < -0.39 is 0 Å². The van der Waals surface area contributed by atoms with Gasteiger partial charge in [0.05, 0.1) is 33.5 Å². The number of quaternary nitrogens is 1. The van der Waals surface area contributed by atoms with Crippen molar-refractivity contribution < 1.29 is 0 Å². The van der Waals surface area contributed by atoms with Gasteiger partial charge in [-0.05, 0) is 111 Å². The van der Waals surface area contributed by atoms with E-state index in [2.05, 4.69) is 308 Å². The predicted molar refractivity (Wildman–Crippen MR) is 342 cm³/mol. The van der Waals surface area contributed by atoms with Crippen LogP contribution in [0.25, 0.3) is 72.0 Å². The second kappa shape index (κ2) is 17.0. The standard InChI is InChI=1S/C76H54BN4/c1-76(2,3)51-46-67-74-68(47-51)80(62-36-18-11-29-54(62)50-26-8-5-9-27-50)66-48-52(78-63-37-19-12-30-55(63)56-31-13-20-38-64(56)78)42-43-60(66)77(74)75-65(79(67)61-35-17-10-28-53(61)49-24-6-4-7-25-49)44-45-72-73(75)59-34-16-23-41-71(59)81(72)69-39-21-14-32-57(69)58-33-15-22-40-70(58)81/h4-48H,1-3H3/q+1. The van der Waals surface area contributed by atoms with E-state index >= 15 is 0 Å². The van der Waals surface area contributed by atoms with Crippen LogP contribution in [0.3, 0.4) is 0 Å². The van der Waals surface area contributed by atoms with Crippen LogP contribution in [0.15, 0.2) is 273 Å². The summed E-state index contributed by atoms with van der Waals surface area (Å²) in [6.07, 6.45) is 0. The monoisotopic (exact) mass is 1030 g/mol. The van der Waals surface area contributed by atoms with Crippen LogP contribution in [0.2, 0.25) is 0 Å². The van der Waals surface area contributed by atoms with Crippen molar-refractivity contribution in [1.29, 1.82) is 0 Å². The quantitative estimate of drug-likeness (QED) is 0.126. The molecule has 12 aromatic carbocycles. The average molecular weight is 1030 g/mol. The maximum absolute atomic E-state index is 2.65. The molecule has 1 spiro atoms. The molecular weight excluding hydrogens is 980 g/mol. The number of para-hydroxylation sites is 7. The van der Waals surface area contributed by atoms with Gasteiger partial charge in [-0.25, -0.2) is 0 Å². The lowest BCUT2D eigenvalue weighted by Gasteiger charge is -2.46. The van der Waals surface area contributed by atoms with Crippen molar-refractivity contribution in [3.63, 3.8) is 0 Å². The van der Waals surface area contributed by atoms with Crippen molar-refractivity contribution >= 4 is 102 Å². The minimum Gasteiger partial charge on any atom is -0.311 e. The molecule has 0 N–H and O–H groups in total. The fraction of sp³-hybridized carbons (Fsp3) is 0.0526. The number of fused-ring (bicyclic) bond motifs is 18. The molecule has 0 aliphatic carbocycles. The summed E-state index contributed by atoms with van der Waals surface area (Å²) in [5.41, 5.74) is 30.4. The van der Waals surface area contributed by atoms with Gasteiger partial charge in [0.25, 0.3) is 6.71 Å². The fourth-order valence-corrected chi connectivity index (χ4v) is 14.7. The highest BCUT2D eigenvalue weighted by molar-refractivity contribution is 7.01. The van der Waals surface area contributed by atoms with Crippen LogP contribution in [-0.2, 0) is 5.41 Å². The highest BCUT2D eigenvalue weighted by atomic mass is 15.4. The topological polar surface area (TPSA) is 11.4 Å². The lowest BCUT2D eigenvalue weighted by atomic mass is 9.32. The minimum atomic E-state index is -0.217. The Hall–Kier alpha value is -9.94. The first kappa shape index (κ1) is 46.0. The van der Waals surface area contributed by atoms with Gasteiger partial charge in [0, 0.05) is 85.7 Å². The van der Waals surface area contributed by atoms with Crippen molar-refractivity contribution in [2.45, 2.75) is 26.2 Å². The molecule has 4 nitrogen and oxygen atoms in total. The first-order valence-electron chi connectivity index (χ1n) is 28.4. The molecular formula is C76H54BN4+. The number of rotatable bonds is 5. The Morgan fingerprint density at radius 3 is 1.35 bits per heavy atom. The highest BCUT2D eigenvalue weighted by Gasteiger charge is 2.57. The van der Waals surface area contributed by atoms with Gasteiger partial charge >= 0.3 is 0 Å². The SMILES string of the molecule is CC(C)(C)c1cc2c3c(c1)N(c1ccccc1-c1ccccc1)c1ccc4c(c1B3c1ccc(-n3c5ccccc5c5ccccc53)cc1N2c1ccccc1-c1ccccc1)-c1ccccc1[N+]41c2ccccc2-c2ccccc21. The largest absolute Gasteiger partial charge is 0.311 e. The average Bonchev–Trinajstić information content (AvgIpc) is 3.49. The van der Waals surface area contributed by atoms with Gasteiger partial charge in [0.1, 0.15) is 0 Å². The van der Waals surface area contributed by atoms with E-state index in [1.54, 1.807) is 0 Å². The molecule has 0 atom stereocenters. The summed E-state index contributed by atoms with van der Waals surface area (Å²) in [5.74, 6) is 0. The van der Waals surface area contributed by atoms with Crippen molar-refractivity contribution in [1.82, 2.24) is 9.05 Å². The van der Waals surface area contributed by atoms with Crippen LogP contribution in [-0.4, -0.2) is 11.3 Å². The van der Waals surface area contributed by atoms with E-state index in [1.807, 2.05) is 0 Å². The normalized spacial score (nSPS) is 13.9. The van der Waals surface area contributed by atoms with E-state index in [-0.39, 0.29) is 12.1 Å². The van der Waals surface area contributed by atoms with Gasteiger partial charge in [-0.15, -0.1) is 0 Å². The summed E-state index contributed by atoms with van der Waals surface area (Å²) in [6.45, 7) is 6.93. The first-order chi connectivity index (χ1) is 39.9. The lowest BCUT2D eigenvalue weighted by Crippen LogP contribution is -2.62. The Balaban J connectivity index is 1.05. The van der Waals surface area contributed by atoms with Gasteiger partial charge in [0.15, 0.2) is 22.7 Å². The van der Waals surface area contributed by atoms with Crippen molar-refractivity contribution in [3.8, 4) is 50.2 Å². The summed E-state index contributed by atoms with van der Waals surface area (Å²) >= 11 is 0. The number of aromatic nitrogens is 1. The van der Waals surface area contributed by atoms with Crippen LogP contribution >= 0.6 is 0 Å². The molecule has 380 valence electrons. The van der Waals surface area contributed by atoms with Gasteiger partial charge in [-0.3, -0.25) is 0 Å². The zero-order valence-corrected chi connectivity index (χ0v) is 45.3. The molecule has 4 aliphatic heterocycles. The molecule has 5 heteroatoms. The number of hydrogen-bond acceptors (Lipinski definition) is 2. The third-order valence-corrected chi connectivity index (χ3v) is 18.1. The molecule has 0 radical (unpaired) electrons. The Bertz CT molecular complexity index is 4680. The highest BCUT2D eigenvalue weighted by Crippen LogP contribution is 2.69. The van der Waals surface area contributed by atoms with Gasteiger partial charge in [-0.2, -0.15) is 4.48 Å². The molecule has 13 aromatic rings. The van der Waals surface area contributed by atoms with Crippen LogP contribution in [0.5, 0.6) is 0 Å².